The highest BCUT2D eigenvalue weighted by Crippen LogP contribution is 2.29. The lowest BCUT2D eigenvalue weighted by Gasteiger charge is -2.42. The quantitative estimate of drug-likeness (QED) is 0.260. The fourth-order valence-corrected chi connectivity index (χ4v) is 5.82. The number of benzene rings is 3. The number of aryl methyl sites for hydroxylation is 2. The van der Waals surface area contributed by atoms with Gasteiger partial charge in [0.05, 0.1) is 18.2 Å². The number of carbonyl (C=O) groups excluding carboxylic acids is 1. The number of amides is 1. The van der Waals surface area contributed by atoms with Gasteiger partial charge in [-0.15, -0.1) is 0 Å². The zero-order valence-electron chi connectivity index (χ0n) is 25.4. The summed E-state index contributed by atoms with van der Waals surface area (Å²) in [5, 5.41) is 12.6. The minimum atomic E-state index is 0.0164. The highest BCUT2D eigenvalue weighted by atomic mass is 16.5. The van der Waals surface area contributed by atoms with Crippen LogP contribution in [0.25, 0.3) is 0 Å². The van der Waals surface area contributed by atoms with E-state index in [9.17, 15) is 10.1 Å². The van der Waals surface area contributed by atoms with Gasteiger partial charge in [-0.3, -0.25) is 4.79 Å². The first-order chi connectivity index (χ1) is 20.4. The molecule has 7 heteroatoms. The zero-order valence-corrected chi connectivity index (χ0v) is 25.4. The van der Waals surface area contributed by atoms with E-state index in [0.717, 1.165) is 72.6 Å². The van der Waals surface area contributed by atoms with Crippen LogP contribution in [0.3, 0.4) is 0 Å². The molecule has 0 aromatic heterocycles. The van der Waals surface area contributed by atoms with Crippen LogP contribution in [0.4, 0.5) is 5.69 Å². The molecular weight excluding hydrogens is 524 g/mol. The molecule has 0 bridgehead atoms. The summed E-state index contributed by atoms with van der Waals surface area (Å²) >= 11 is 0. The fourth-order valence-electron chi connectivity index (χ4n) is 5.82. The Morgan fingerprint density at radius 1 is 1.05 bits per heavy atom. The highest BCUT2D eigenvalue weighted by molar-refractivity contribution is 5.97. The standard InChI is InChI=1S/C35H44N4O3/c1-26-7-5-8-27(2)34(26)35(40)37-18-15-28(3)38-19-16-32(17-20-38)39(25-30-10-6-9-29(23-30)24-36)31-11-13-33(14-12-31)42-22-21-41-4/h5-14,23,28,32H,15-22,25H2,1-4H3,(H,37,40). The number of piperidine rings is 1. The van der Waals surface area contributed by atoms with Crippen molar-refractivity contribution in [2.75, 3.05) is 44.9 Å². The monoisotopic (exact) mass is 568 g/mol. The number of ether oxygens (including phenoxy) is 2. The Morgan fingerprint density at radius 2 is 1.74 bits per heavy atom. The van der Waals surface area contributed by atoms with Gasteiger partial charge in [0.2, 0.25) is 0 Å². The molecule has 1 saturated heterocycles. The minimum absolute atomic E-state index is 0.0164. The summed E-state index contributed by atoms with van der Waals surface area (Å²) in [6.45, 7) is 10.7. The Hall–Kier alpha value is -3.86. The van der Waals surface area contributed by atoms with Crippen LogP contribution in [-0.4, -0.2) is 62.8 Å². The molecule has 1 heterocycles. The van der Waals surface area contributed by atoms with Gasteiger partial charge in [0.15, 0.2) is 0 Å². The Balaban J connectivity index is 1.36. The maximum absolute atomic E-state index is 12.8. The van der Waals surface area contributed by atoms with Crippen LogP contribution in [0.15, 0.2) is 66.7 Å². The highest BCUT2D eigenvalue weighted by Gasteiger charge is 2.27. The average molecular weight is 569 g/mol. The van der Waals surface area contributed by atoms with Crippen LogP contribution in [0.5, 0.6) is 5.75 Å². The van der Waals surface area contributed by atoms with Crippen LogP contribution in [-0.2, 0) is 11.3 Å². The molecule has 1 amide bonds. The summed E-state index contributed by atoms with van der Waals surface area (Å²) < 4.78 is 10.9. The first kappa shape index (κ1) is 31.1. The topological polar surface area (TPSA) is 77.8 Å². The Labute approximate surface area is 251 Å². The van der Waals surface area contributed by atoms with Crippen LogP contribution in [0.2, 0.25) is 0 Å². The predicted octanol–water partition coefficient (Wildman–Crippen LogP) is 5.88. The normalized spacial score (nSPS) is 14.6. The van der Waals surface area contributed by atoms with Crippen molar-refractivity contribution in [2.24, 2.45) is 0 Å². The molecule has 0 spiro atoms. The molecule has 1 aliphatic heterocycles. The lowest BCUT2D eigenvalue weighted by atomic mass is 9.99. The molecule has 222 valence electrons. The van der Waals surface area contributed by atoms with Gasteiger partial charge in [0.1, 0.15) is 12.4 Å². The number of nitrogens with zero attached hydrogens (tertiary/aromatic N) is 3. The van der Waals surface area contributed by atoms with Gasteiger partial charge in [-0.05, 0) is 93.1 Å². The number of anilines is 1. The molecular formula is C35H44N4O3. The molecule has 0 aliphatic carbocycles. The van der Waals surface area contributed by atoms with Crippen LogP contribution in [0, 0.1) is 25.2 Å². The minimum Gasteiger partial charge on any atom is -0.491 e. The number of hydrogen-bond acceptors (Lipinski definition) is 6. The number of carbonyl (C=O) groups is 1. The van der Waals surface area contributed by atoms with Crippen molar-refractivity contribution in [3.05, 3.63) is 94.5 Å². The third-order valence-electron chi connectivity index (χ3n) is 8.25. The van der Waals surface area contributed by atoms with E-state index in [1.807, 2.05) is 62.4 Å². The molecule has 0 radical (unpaired) electrons. The molecule has 3 aromatic rings. The van der Waals surface area contributed by atoms with Crippen molar-refractivity contribution >= 4 is 11.6 Å². The summed E-state index contributed by atoms with van der Waals surface area (Å²) in [7, 11) is 1.67. The molecule has 4 rings (SSSR count). The van der Waals surface area contributed by atoms with Crippen molar-refractivity contribution in [2.45, 2.75) is 58.7 Å². The molecule has 42 heavy (non-hydrogen) atoms. The summed E-state index contributed by atoms with van der Waals surface area (Å²) in [6.07, 6.45) is 3.00. The smallest absolute Gasteiger partial charge is 0.251 e. The molecule has 1 N–H and O–H groups in total. The largest absolute Gasteiger partial charge is 0.491 e. The third kappa shape index (κ3) is 8.34. The number of rotatable bonds is 13. The third-order valence-corrected chi connectivity index (χ3v) is 8.25. The molecule has 1 fully saturated rings. The first-order valence-corrected chi connectivity index (χ1v) is 15.0. The van der Waals surface area contributed by atoms with E-state index in [1.165, 1.54) is 0 Å². The van der Waals surface area contributed by atoms with E-state index in [4.69, 9.17) is 9.47 Å². The molecule has 3 aromatic carbocycles. The number of nitriles is 1. The average Bonchev–Trinajstić information content (AvgIpc) is 3.00. The van der Waals surface area contributed by atoms with Gasteiger partial charge in [0, 0.05) is 56.6 Å². The van der Waals surface area contributed by atoms with Crippen LogP contribution < -0.4 is 15.0 Å². The lowest BCUT2D eigenvalue weighted by molar-refractivity contribution is 0.0944. The summed E-state index contributed by atoms with van der Waals surface area (Å²) in [4.78, 5) is 17.8. The predicted molar refractivity (Wildman–Crippen MR) is 168 cm³/mol. The fraction of sp³-hybridized carbons (Fsp3) is 0.429. The molecule has 1 unspecified atom stereocenters. The number of nitrogens with one attached hydrogen (secondary N) is 1. The lowest BCUT2D eigenvalue weighted by Crippen LogP contribution is -2.48. The Kier molecular flexibility index (Phi) is 11.4. The van der Waals surface area contributed by atoms with E-state index in [-0.39, 0.29) is 5.91 Å². The van der Waals surface area contributed by atoms with Crippen molar-refractivity contribution < 1.29 is 14.3 Å². The summed E-state index contributed by atoms with van der Waals surface area (Å²) in [6, 6.07) is 25.2. The Morgan fingerprint density at radius 3 is 2.40 bits per heavy atom. The molecule has 0 saturated carbocycles. The first-order valence-electron chi connectivity index (χ1n) is 15.0. The van der Waals surface area contributed by atoms with Crippen molar-refractivity contribution in [1.82, 2.24) is 10.2 Å². The Bertz CT molecular complexity index is 1320. The number of methoxy groups -OCH3 is 1. The van der Waals surface area contributed by atoms with E-state index >= 15 is 0 Å². The van der Waals surface area contributed by atoms with Crippen molar-refractivity contribution in [1.29, 1.82) is 5.26 Å². The molecule has 7 nitrogen and oxygen atoms in total. The molecule has 1 atom stereocenters. The summed E-state index contributed by atoms with van der Waals surface area (Å²) in [5.41, 5.74) is 5.78. The van der Waals surface area contributed by atoms with Gasteiger partial charge in [-0.2, -0.15) is 5.26 Å². The van der Waals surface area contributed by atoms with Gasteiger partial charge in [-0.25, -0.2) is 0 Å². The van der Waals surface area contributed by atoms with Gasteiger partial charge >= 0.3 is 0 Å². The van der Waals surface area contributed by atoms with Crippen molar-refractivity contribution in [3.63, 3.8) is 0 Å². The second kappa shape index (κ2) is 15.4. The van der Waals surface area contributed by atoms with Gasteiger partial charge in [0.25, 0.3) is 5.91 Å². The number of hydrogen-bond donors (Lipinski definition) is 1. The van der Waals surface area contributed by atoms with Crippen molar-refractivity contribution in [3.8, 4) is 11.8 Å². The van der Waals surface area contributed by atoms with E-state index < -0.39 is 0 Å². The van der Waals surface area contributed by atoms with Gasteiger partial charge < -0.3 is 24.6 Å². The second-order valence-corrected chi connectivity index (χ2v) is 11.2. The van der Waals surface area contributed by atoms with E-state index in [0.29, 0.717) is 37.4 Å². The van der Waals surface area contributed by atoms with E-state index in [2.05, 4.69) is 46.3 Å². The van der Waals surface area contributed by atoms with E-state index in [1.54, 1.807) is 7.11 Å². The summed E-state index contributed by atoms with van der Waals surface area (Å²) in [5.74, 6) is 0.846. The zero-order chi connectivity index (χ0) is 29.9. The maximum atomic E-state index is 12.8. The van der Waals surface area contributed by atoms with Crippen LogP contribution in [0.1, 0.15) is 58.8 Å². The second-order valence-electron chi connectivity index (χ2n) is 11.2. The number of likely N-dealkylation sites (tertiary alicyclic amines) is 1. The maximum Gasteiger partial charge on any atom is 0.251 e. The van der Waals surface area contributed by atoms with Gasteiger partial charge in [-0.1, -0.05) is 30.3 Å². The molecule has 1 aliphatic rings. The van der Waals surface area contributed by atoms with Crippen LogP contribution >= 0.6 is 0 Å². The SMILES string of the molecule is COCCOc1ccc(N(Cc2cccc(C#N)c2)C2CCN(C(C)CCNC(=O)c3c(C)cccc3C)CC2)cc1.